The molecular formula is C8H6NO3S. The maximum atomic E-state index is 11.4. The van der Waals surface area contributed by atoms with Crippen LogP contribution in [0.1, 0.15) is 0 Å². The Balaban J connectivity index is 2.70. The molecule has 0 saturated carbocycles. The molecule has 1 aliphatic heterocycles. The molecule has 1 amide bonds. The van der Waals surface area contributed by atoms with Gasteiger partial charge in [0.2, 0.25) is 5.91 Å². The molecule has 0 spiro atoms. The van der Waals surface area contributed by atoms with Gasteiger partial charge in [-0.1, -0.05) is 6.07 Å². The average Bonchev–Trinajstić information content (AvgIpc) is 2.02. The van der Waals surface area contributed by atoms with E-state index in [-0.39, 0.29) is 4.90 Å². The minimum atomic E-state index is -3.42. The second-order valence-electron chi connectivity index (χ2n) is 2.73. The van der Waals surface area contributed by atoms with Crippen molar-refractivity contribution in [3.8, 4) is 0 Å². The first-order valence-corrected chi connectivity index (χ1v) is 5.27. The Morgan fingerprint density at radius 3 is 3.00 bits per heavy atom. The van der Waals surface area contributed by atoms with Gasteiger partial charge in [0.15, 0.2) is 9.84 Å². The molecule has 0 unspecified atom stereocenters. The standard InChI is InChI=1S/C8H6NO3S/c10-8-5-13(11,12)7-4-2-1-3-6(7)9-8/h2-4H,5H2,(H,9,10). The van der Waals surface area contributed by atoms with Crippen molar-refractivity contribution in [1.29, 1.82) is 0 Å². The third-order valence-electron chi connectivity index (χ3n) is 1.75. The zero-order valence-corrected chi connectivity index (χ0v) is 7.39. The Morgan fingerprint density at radius 2 is 2.23 bits per heavy atom. The lowest BCUT2D eigenvalue weighted by molar-refractivity contribution is -0.114. The highest BCUT2D eigenvalue weighted by atomic mass is 32.2. The van der Waals surface area contributed by atoms with E-state index in [0.29, 0.717) is 5.69 Å². The number of sulfone groups is 1. The molecule has 5 heteroatoms. The van der Waals surface area contributed by atoms with E-state index in [2.05, 4.69) is 11.4 Å². The van der Waals surface area contributed by atoms with Gasteiger partial charge in [0, 0.05) is 0 Å². The molecule has 4 nitrogen and oxygen atoms in total. The predicted octanol–water partition coefficient (Wildman–Crippen LogP) is 0.213. The molecule has 0 aliphatic carbocycles. The highest BCUT2D eigenvalue weighted by Crippen LogP contribution is 2.25. The summed E-state index contributed by atoms with van der Waals surface area (Å²) in [5.74, 6) is -0.962. The topological polar surface area (TPSA) is 63.2 Å². The number of hydrogen-bond acceptors (Lipinski definition) is 3. The fourth-order valence-electron chi connectivity index (χ4n) is 1.22. The first-order chi connectivity index (χ1) is 6.09. The van der Waals surface area contributed by atoms with Crippen LogP contribution in [0.5, 0.6) is 0 Å². The van der Waals surface area contributed by atoms with Crippen LogP contribution in [0, 0.1) is 6.07 Å². The van der Waals surface area contributed by atoms with Gasteiger partial charge in [0.05, 0.1) is 10.6 Å². The normalized spacial score (nSPS) is 18.9. The fraction of sp³-hybridized carbons (Fsp3) is 0.125. The number of benzene rings is 1. The molecule has 1 aromatic rings. The van der Waals surface area contributed by atoms with E-state index in [1.807, 2.05) is 0 Å². The lowest BCUT2D eigenvalue weighted by atomic mass is 10.3. The molecule has 1 aromatic carbocycles. The third-order valence-corrected chi connectivity index (χ3v) is 3.42. The van der Waals surface area contributed by atoms with Crippen LogP contribution in [0.2, 0.25) is 0 Å². The molecule has 13 heavy (non-hydrogen) atoms. The summed E-state index contributed by atoms with van der Waals surface area (Å²) < 4.78 is 22.8. The van der Waals surface area contributed by atoms with Crippen LogP contribution >= 0.6 is 0 Å². The number of anilines is 1. The van der Waals surface area contributed by atoms with Gasteiger partial charge >= 0.3 is 0 Å². The summed E-state index contributed by atoms with van der Waals surface area (Å²) in [6.45, 7) is 0. The van der Waals surface area contributed by atoms with Gasteiger partial charge in [0.25, 0.3) is 0 Å². The quantitative estimate of drug-likeness (QED) is 0.645. The highest BCUT2D eigenvalue weighted by molar-refractivity contribution is 7.92. The number of nitrogens with one attached hydrogen (secondary N) is 1. The number of fused-ring (bicyclic) bond motifs is 1. The van der Waals surface area contributed by atoms with Gasteiger partial charge in [-0.2, -0.15) is 0 Å². The summed E-state index contributed by atoms with van der Waals surface area (Å²) in [6.07, 6.45) is 0. The molecule has 0 bridgehead atoms. The van der Waals surface area contributed by atoms with Crippen LogP contribution < -0.4 is 5.32 Å². The van der Waals surface area contributed by atoms with Gasteiger partial charge in [-0.25, -0.2) is 8.42 Å². The van der Waals surface area contributed by atoms with E-state index in [9.17, 15) is 13.2 Å². The van der Waals surface area contributed by atoms with Crippen LogP contribution in [0.4, 0.5) is 5.69 Å². The van der Waals surface area contributed by atoms with Gasteiger partial charge in [-0.05, 0) is 18.2 Å². The SMILES string of the molecule is O=C1CS(=O)(=O)c2cc[c]cc2N1. The maximum Gasteiger partial charge on any atom is 0.239 e. The molecule has 1 radical (unpaired) electrons. The lowest BCUT2D eigenvalue weighted by Gasteiger charge is -2.15. The number of hydrogen-bond donors (Lipinski definition) is 1. The molecule has 1 aliphatic rings. The van der Waals surface area contributed by atoms with Crippen molar-refractivity contribution in [1.82, 2.24) is 0 Å². The highest BCUT2D eigenvalue weighted by Gasteiger charge is 2.27. The smallest absolute Gasteiger partial charge is 0.239 e. The number of amides is 1. The van der Waals surface area contributed by atoms with Gasteiger partial charge in [0.1, 0.15) is 5.75 Å². The Morgan fingerprint density at radius 1 is 1.46 bits per heavy atom. The molecule has 1 N–H and O–H groups in total. The van der Waals surface area contributed by atoms with Crippen LogP contribution in [0.15, 0.2) is 23.1 Å². The number of rotatable bonds is 0. The van der Waals surface area contributed by atoms with Crippen LogP contribution in [0.25, 0.3) is 0 Å². The van der Waals surface area contributed by atoms with E-state index >= 15 is 0 Å². The first-order valence-electron chi connectivity index (χ1n) is 3.62. The van der Waals surface area contributed by atoms with E-state index in [1.165, 1.54) is 18.2 Å². The van der Waals surface area contributed by atoms with Gasteiger partial charge in [-0.3, -0.25) is 4.79 Å². The Hall–Kier alpha value is -1.36. The second kappa shape index (κ2) is 2.56. The summed E-state index contributed by atoms with van der Waals surface area (Å²) in [4.78, 5) is 11.1. The largest absolute Gasteiger partial charge is 0.324 e. The molecule has 2 rings (SSSR count). The van der Waals surface area contributed by atoms with E-state index in [1.54, 1.807) is 0 Å². The van der Waals surface area contributed by atoms with Crippen molar-refractivity contribution in [3.05, 3.63) is 24.3 Å². The maximum absolute atomic E-state index is 11.4. The van der Waals surface area contributed by atoms with Gasteiger partial charge in [-0.15, -0.1) is 0 Å². The van der Waals surface area contributed by atoms with Crippen molar-refractivity contribution in [2.24, 2.45) is 0 Å². The van der Waals surface area contributed by atoms with E-state index < -0.39 is 21.5 Å². The summed E-state index contributed by atoms with van der Waals surface area (Å²) >= 11 is 0. The zero-order chi connectivity index (χ0) is 9.47. The van der Waals surface area contributed by atoms with E-state index in [4.69, 9.17) is 0 Å². The molecule has 0 saturated heterocycles. The van der Waals surface area contributed by atoms with E-state index in [0.717, 1.165) is 0 Å². The van der Waals surface area contributed by atoms with Crippen molar-refractivity contribution in [2.75, 3.05) is 11.1 Å². The van der Waals surface area contributed by atoms with Crippen molar-refractivity contribution in [2.45, 2.75) is 4.90 Å². The van der Waals surface area contributed by atoms with Crippen molar-refractivity contribution >= 4 is 21.4 Å². The number of carbonyl (C=O) groups is 1. The average molecular weight is 196 g/mol. The van der Waals surface area contributed by atoms with Crippen LogP contribution in [-0.4, -0.2) is 20.1 Å². The molecule has 0 fully saturated rings. The minimum absolute atomic E-state index is 0.172. The number of carbonyl (C=O) groups excluding carboxylic acids is 1. The minimum Gasteiger partial charge on any atom is -0.324 e. The van der Waals surface area contributed by atoms with Crippen molar-refractivity contribution < 1.29 is 13.2 Å². The fourth-order valence-corrected chi connectivity index (χ4v) is 2.51. The summed E-state index contributed by atoms with van der Waals surface area (Å²) in [6, 6.07) is 7.09. The second-order valence-corrected chi connectivity index (χ2v) is 4.69. The summed E-state index contributed by atoms with van der Waals surface area (Å²) in [5.41, 5.74) is 0.318. The predicted molar refractivity (Wildman–Crippen MR) is 46.0 cm³/mol. The monoisotopic (exact) mass is 196 g/mol. The first kappa shape index (κ1) is 8.25. The summed E-state index contributed by atoms with van der Waals surface area (Å²) in [7, 11) is -3.42. The van der Waals surface area contributed by atoms with Gasteiger partial charge < -0.3 is 5.32 Å². The summed E-state index contributed by atoms with van der Waals surface area (Å²) in [5, 5.41) is 2.47. The Bertz CT molecular complexity index is 464. The molecule has 0 atom stereocenters. The third kappa shape index (κ3) is 1.31. The Kier molecular flexibility index (Phi) is 1.63. The van der Waals surface area contributed by atoms with Crippen LogP contribution in [-0.2, 0) is 14.6 Å². The molecular weight excluding hydrogens is 190 g/mol. The molecule has 0 aromatic heterocycles. The molecule has 67 valence electrons. The van der Waals surface area contributed by atoms with Crippen molar-refractivity contribution in [3.63, 3.8) is 0 Å². The molecule has 1 heterocycles. The Labute approximate surface area is 75.5 Å². The lowest BCUT2D eigenvalue weighted by Crippen LogP contribution is -2.29. The zero-order valence-electron chi connectivity index (χ0n) is 6.57. The van der Waals surface area contributed by atoms with Crippen LogP contribution in [0.3, 0.4) is 0 Å².